The van der Waals surface area contributed by atoms with Crippen LogP contribution in [0.2, 0.25) is 0 Å². The van der Waals surface area contributed by atoms with Crippen molar-refractivity contribution in [1.29, 1.82) is 0 Å². The fraction of sp³-hybridized carbons (Fsp3) is 0.500. The second kappa shape index (κ2) is 8.24. The highest BCUT2D eigenvalue weighted by Gasteiger charge is 2.31. The second-order valence-electron chi connectivity index (χ2n) is 8.99. The molecule has 2 aliphatic rings. The van der Waals surface area contributed by atoms with Gasteiger partial charge in [-0.25, -0.2) is 9.18 Å². The molecule has 0 unspecified atom stereocenters. The zero-order chi connectivity index (χ0) is 22.4. The average Bonchev–Trinajstić information content (AvgIpc) is 3.45. The lowest BCUT2D eigenvalue weighted by atomic mass is 10.1. The molecule has 8 heteroatoms. The molecule has 0 bridgehead atoms. The fourth-order valence-electron chi connectivity index (χ4n) is 4.61. The number of benzene rings is 1. The van der Waals surface area contributed by atoms with Gasteiger partial charge in [-0.2, -0.15) is 5.10 Å². The molecule has 0 spiro atoms. The minimum absolute atomic E-state index is 0.0470. The van der Waals surface area contributed by atoms with Gasteiger partial charge >= 0.3 is 5.69 Å². The molecule has 1 saturated carbocycles. The normalized spacial score (nSPS) is 19.0. The molecule has 32 heavy (non-hydrogen) atoms. The summed E-state index contributed by atoms with van der Waals surface area (Å²) in [6.45, 7) is 9.06. The Labute approximate surface area is 187 Å². The Bertz CT molecular complexity index is 1190. The lowest BCUT2D eigenvalue weighted by Crippen LogP contribution is -2.41. The minimum atomic E-state index is -0.150. The van der Waals surface area contributed by atoms with E-state index < -0.39 is 0 Å². The first-order chi connectivity index (χ1) is 15.4. The number of nitrogens with zero attached hydrogens (tertiary/aromatic N) is 5. The molecule has 2 aromatic heterocycles. The number of hydrogen-bond acceptors (Lipinski definition) is 4. The largest absolute Gasteiger partial charge is 0.375 e. The van der Waals surface area contributed by atoms with Crippen LogP contribution >= 0.6 is 0 Å². The number of hydrogen-bond donors (Lipinski definition) is 0. The molecule has 0 amide bonds. The zero-order valence-corrected chi connectivity index (χ0v) is 18.9. The van der Waals surface area contributed by atoms with Gasteiger partial charge in [0, 0.05) is 43.3 Å². The van der Waals surface area contributed by atoms with Crippen LogP contribution in [0.25, 0.3) is 5.69 Å². The molecule has 0 N–H and O–H groups in total. The van der Waals surface area contributed by atoms with Crippen molar-refractivity contribution in [3.63, 3.8) is 0 Å². The van der Waals surface area contributed by atoms with Crippen molar-refractivity contribution in [2.75, 3.05) is 24.6 Å². The first-order valence-electron chi connectivity index (χ1n) is 11.4. The molecular weight excluding hydrogens is 409 g/mol. The fourth-order valence-corrected chi connectivity index (χ4v) is 4.61. The Morgan fingerprint density at radius 2 is 2.06 bits per heavy atom. The van der Waals surface area contributed by atoms with E-state index in [1.54, 1.807) is 15.3 Å². The number of rotatable bonds is 6. The molecule has 0 radical (unpaired) electrons. The van der Waals surface area contributed by atoms with E-state index in [0.29, 0.717) is 31.9 Å². The molecule has 5 rings (SSSR count). The molecule has 1 atom stereocenters. The van der Waals surface area contributed by atoms with Gasteiger partial charge in [0.2, 0.25) is 0 Å². The van der Waals surface area contributed by atoms with Gasteiger partial charge in [-0.3, -0.25) is 13.8 Å². The van der Waals surface area contributed by atoms with E-state index in [9.17, 15) is 4.79 Å². The van der Waals surface area contributed by atoms with E-state index in [1.165, 1.54) is 0 Å². The number of morpholine rings is 1. The van der Waals surface area contributed by atoms with E-state index in [1.807, 2.05) is 50.0 Å². The number of aryl methyl sites for hydroxylation is 2. The minimum Gasteiger partial charge on any atom is -0.375 e. The number of aromatic nitrogens is 4. The lowest BCUT2D eigenvalue weighted by molar-refractivity contribution is 0.0530. The van der Waals surface area contributed by atoms with Crippen molar-refractivity contribution in [1.82, 2.24) is 18.9 Å². The quantitative estimate of drug-likeness (QED) is 0.590. The standard InChI is InChI=1S/C24H30FN5O2/c1-4-29-15-18(11-26-29)14-28-12-16(2)30(24(28)31)20-9-21(19-5-6-19)23(25)22(10-20)27-7-8-32-17(3)13-27/h9-12,15,17,19H,4-8,13-14H2,1-3H3/t17-/m1/s1. The van der Waals surface area contributed by atoms with E-state index >= 15 is 4.39 Å². The van der Waals surface area contributed by atoms with E-state index in [2.05, 4.69) is 10.00 Å². The maximum atomic E-state index is 15.5. The summed E-state index contributed by atoms with van der Waals surface area (Å²) in [6.07, 6.45) is 7.65. The van der Waals surface area contributed by atoms with Crippen LogP contribution in [0.3, 0.4) is 0 Å². The van der Waals surface area contributed by atoms with Crippen LogP contribution in [0.5, 0.6) is 0 Å². The van der Waals surface area contributed by atoms with Crippen molar-refractivity contribution in [3.8, 4) is 5.69 Å². The lowest BCUT2D eigenvalue weighted by Gasteiger charge is -2.33. The topological polar surface area (TPSA) is 57.2 Å². The van der Waals surface area contributed by atoms with Gasteiger partial charge in [0.25, 0.3) is 0 Å². The van der Waals surface area contributed by atoms with Gasteiger partial charge < -0.3 is 9.64 Å². The zero-order valence-electron chi connectivity index (χ0n) is 18.9. The van der Waals surface area contributed by atoms with Gasteiger partial charge in [0.05, 0.1) is 36.8 Å². The smallest absolute Gasteiger partial charge is 0.333 e. The highest BCUT2D eigenvalue weighted by atomic mass is 19.1. The molecule has 170 valence electrons. The van der Waals surface area contributed by atoms with E-state index in [4.69, 9.17) is 4.74 Å². The summed E-state index contributed by atoms with van der Waals surface area (Å²) < 4.78 is 26.4. The van der Waals surface area contributed by atoms with Crippen molar-refractivity contribution in [2.45, 2.75) is 58.7 Å². The van der Waals surface area contributed by atoms with Crippen molar-refractivity contribution in [3.05, 3.63) is 63.8 Å². The molecule has 1 aromatic carbocycles. The summed E-state index contributed by atoms with van der Waals surface area (Å²) in [6, 6.07) is 3.70. The van der Waals surface area contributed by atoms with Gasteiger partial charge in [-0.15, -0.1) is 0 Å². The molecule has 3 heterocycles. The number of ether oxygens (including phenoxy) is 1. The van der Waals surface area contributed by atoms with E-state index in [-0.39, 0.29) is 23.5 Å². The van der Waals surface area contributed by atoms with Crippen LogP contribution in [0.15, 0.2) is 35.5 Å². The predicted octanol–water partition coefficient (Wildman–Crippen LogP) is 3.45. The summed E-state index contributed by atoms with van der Waals surface area (Å²) in [5.74, 6) is 0.0904. The molecule has 1 aliphatic carbocycles. The summed E-state index contributed by atoms with van der Waals surface area (Å²) in [5.41, 5.74) is 3.71. The highest BCUT2D eigenvalue weighted by molar-refractivity contribution is 5.59. The Kier molecular flexibility index (Phi) is 5.41. The SMILES string of the molecule is CCn1cc(Cn2cc(C)n(-c3cc(C4CC4)c(F)c(N4CCO[C@H](C)C4)c3)c2=O)cn1. The van der Waals surface area contributed by atoms with Crippen LogP contribution in [0, 0.1) is 12.7 Å². The first kappa shape index (κ1) is 21.0. The van der Waals surface area contributed by atoms with Crippen LogP contribution in [0.1, 0.15) is 49.4 Å². The Morgan fingerprint density at radius 3 is 2.75 bits per heavy atom. The second-order valence-corrected chi connectivity index (χ2v) is 8.99. The predicted molar refractivity (Wildman–Crippen MR) is 121 cm³/mol. The molecule has 7 nitrogen and oxygen atoms in total. The Hall–Kier alpha value is -2.87. The molecular formula is C24H30FN5O2. The summed E-state index contributed by atoms with van der Waals surface area (Å²) in [4.78, 5) is 15.4. The van der Waals surface area contributed by atoms with E-state index in [0.717, 1.165) is 41.9 Å². The third kappa shape index (κ3) is 3.88. The van der Waals surface area contributed by atoms with Crippen LogP contribution in [0.4, 0.5) is 10.1 Å². The van der Waals surface area contributed by atoms with Gasteiger partial charge in [0.15, 0.2) is 0 Å². The van der Waals surface area contributed by atoms with Crippen molar-refractivity contribution >= 4 is 5.69 Å². The van der Waals surface area contributed by atoms with Gasteiger partial charge in [0.1, 0.15) is 5.82 Å². The van der Waals surface area contributed by atoms with Gasteiger partial charge in [-0.1, -0.05) is 0 Å². The number of anilines is 1. The Balaban J connectivity index is 1.55. The molecule has 1 saturated heterocycles. The maximum Gasteiger partial charge on any atom is 0.333 e. The van der Waals surface area contributed by atoms with Crippen molar-refractivity contribution < 1.29 is 9.13 Å². The third-order valence-electron chi connectivity index (χ3n) is 6.42. The Morgan fingerprint density at radius 1 is 1.25 bits per heavy atom. The third-order valence-corrected chi connectivity index (χ3v) is 6.42. The van der Waals surface area contributed by atoms with Crippen LogP contribution in [-0.2, 0) is 17.8 Å². The van der Waals surface area contributed by atoms with Gasteiger partial charge in [-0.05, 0) is 57.2 Å². The number of halogens is 1. The van der Waals surface area contributed by atoms with Crippen LogP contribution in [-0.4, -0.2) is 44.7 Å². The van der Waals surface area contributed by atoms with Crippen molar-refractivity contribution in [2.24, 2.45) is 0 Å². The summed E-state index contributed by atoms with van der Waals surface area (Å²) >= 11 is 0. The maximum absolute atomic E-state index is 15.5. The molecule has 2 fully saturated rings. The highest BCUT2D eigenvalue weighted by Crippen LogP contribution is 2.44. The summed E-state index contributed by atoms with van der Waals surface area (Å²) in [7, 11) is 0. The molecule has 1 aliphatic heterocycles. The van der Waals surface area contributed by atoms with Crippen LogP contribution < -0.4 is 10.6 Å². The first-order valence-corrected chi connectivity index (χ1v) is 11.4. The molecule has 3 aromatic rings. The average molecular weight is 440 g/mol. The number of imidazole rings is 1. The monoisotopic (exact) mass is 439 g/mol. The summed E-state index contributed by atoms with van der Waals surface area (Å²) in [5, 5.41) is 4.30.